The van der Waals surface area contributed by atoms with Crippen molar-refractivity contribution >= 4 is 6.21 Å². The van der Waals surface area contributed by atoms with Crippen molar-refractivity contribution < 1.29 is 0 Å². The lowest BCUT2D eigenvalue weighted by atomic mass is 9.77. The Kier molecular flexibility index (Phi) is 3.71. The molecule has 2 atom stereocenters. The smallest absolute Gasteiger partial charge is 0.0273 e. The normalized spacial score (nSPS) is 25.1. The van der Waals surface area contributed by atoms with Gasteiger partial charge in [-0.2, -0.15) is 0 Å². The molecule has 1 aliphatic carbocycles. The molecule has 0 aromatic heterocycles. The van der Waals surface area contributed by atoms with Crippen molar-refractivity contribution in [1.82, 2.24) is 0 Å². The molecule has 0 aliphatic heterocycles. The van der Waals surface area contributed by atoms with Crippen molar-refractivity contribution in [2.24, 2.45) is 16.8 Å². The summed E-state index contributed by atoms with van der Waals surface area (Å²) in [4.78, 5) is 4.05. The lowest BCUT2D eigenvalue weighted by Crippen LogP contribution is -2.14. The number of hydrogen-bond donors (Lipinski definition) is 0. The zero-order chi connectivity index (χ0) is 9.84. The second-order valence-electron chi connectivity index (χ2n) is 4.31. The Morgan fingerprint density at radius 2 is 2.31 bits per heavy atom. The van der Waals surface area contributed by atoms with Gasteiger partial charge in [-0.15, -0.1) is 0 Å². The highest BCUT2D eigenvalue weighted by Crippen LogP contribution is 2.36. The lowest BCUT2D eigenvalue weighted by Gasteiger charge is -2.29. The van der Waals surface area contributed by atoms with E-state index in [1.165, 1.54) is 19.3 Å². The van der Waals surface area contributed by atoms with E-state index < -0.39 is 0 Å². The highest BCUT2D eigenvalue weighted by molar-refractivity contribution is 5.59. The summed E-state index contributed by atoms with van der Waals surface area (Å²) >= 11 is 0. The molecule has 0 aromatic carbocycles. The molecular formula is C12H21N. The van der Waals surface area contributed by atoms with E-state index in [0.29, 0.717) is 5.92 Å². The van der Waals surface area contributed by atoms with Gasteiger partial charge in [0, 0.05) is 13.3 Å². The van der Waals surface area contributed by atoms with E-state index in [2.05, 4.69) is 32.0 Å². The lowest BCUT2D eigenvalue weighted by molar-refractivity contribution is 0.536. The maximum absolute atomic E-state index is 4.05. The molecule has 74 valence electrons. The molecule has 1 nitrogen and oxygen atoms in total. The molecule has 1 rings (SSSR count). The molecule has 0 bridgehead atoms. The Bertz CT molecular complexity index is 225. The van der Waals surface area contributed by atoms with E-state index in [9.17, 15) is 0 Å². The Morgan fingerprint density at radius 1 is 1.62 bits per heavy atom. The molecule has 0 saturated carbocycles. The quantitative estimate of drug-likeness (QED) is 0.463. The number of allylic oxidation sites excluding steroid dienone is 2. The van der Waals surface area contributed by atoms with Gasteiger partial charge in [-0.3, -0.25) is 0 Å². The number of rotatable bonds is 4. The van der Waals surface area contributed by atoms with E-state index in [0.717, 1.165) is 5.92 Å². The number of hydrogen-bond acceptors (Lipinski definition) is 1. The standard InChI is InChI=1S/C12H21N/c1-9(8-13-4)5-6-12-7-10(2)11(12)3/h8-10H,5-7H2,1-4H3. The Morgan fingerprint density at radius 3 is 2.77 bits per heavy atom. The molecule has 1 heteroatoms. The molecule has 0 heterocycles. The summed E-state index contributed by atoms with van der Waals surface area (Å²) in [5.41, 5.74) is 3.34. The second kappa shape index (κ2) is 4.59. The van der Waals surface area contributed by atoms with Crippen LogP contribution in [-0.4, -0.2) is 13.3 Å². The SMILES string of the molecule is CN=CC(C)CCC1=C(C)C(C)C1. The molecule has 0 saturated heterocycles. The molecule has 0 aromatic rings. The number of aliphatic imine (C=N–C) groups is 1. The van der Waals surface area contributed by atoms with Gasteiger partial charge < -0.3 is 4.99 Å². The molecule has 0 amide bonds. The van der Waals surface area contributed by atoms with Crippen LogP contribution >= 0.6 is 0 Å². The van der Waals surface area contributed by atoms with Crippen LogP contribution in [0.2, 0.25) is 0 Å². The molecular weight excluding hydrogens is 158 g/mol. The van der Waals surface area contributed by atoms with Crippen LogP contribution in [0.15, 0.2) is 16.1 Å². The third-order valence-corrected chi connectivity index (χ3v) is 3.15. The maximum atomic E-state index is 4.05. The minimum Gasteiger partial charge on any atom is -0.301 e. The minimum absolute atomic E-state index is 0.640. The largest absolute Gasteiger partial charge is 0.301 e. The average Bonchev–Trinajstić information content (AvgIpc) is 2.12. The number of nitrogens with zero attached hydrogens (tertiary/aromatic N) is 1. The van der Waals surface area contributed by atoms with Gasteiger partial charge >= 0.3 is 0 Å². The van der Waals surface area contributed by atoms with Gasteiger partial charge in [0.05, 0.1) is 0 Å². The summed E-state index contributed by atoms with van der Waals surface area (Å²) in [5.74, 6) is 1.49. The Hall–Kier alpha value is -0.590. The first-order valence-corrected chi connectivity index (χ1v) is 5.26. The van der Waals surface area contributed by atoms with Crippen LogP contribution in [0.25, 0.3) is 0 Å². The fourth-order valence-corrected chi connectivity index (χ4v) is 1.93. The topological polar surface area (TPSA) is 12.4 Å². The van der Waals surface area contributed by atoms with Crippen LogP contribution in [0.4, 0.5) is 0 Å². The van der Waals surface area contributed by atoms with Gasteiger partial charge in [-0.25, -0.2) is 0 Å². The van der Waals surface area contributed by atoms with Crippen LogP contribution in [0, 0.1) is 11.8 Å². The predicted molar refractivity (Wildman–Crippen MR) is 59.3 cm³/mol. The van der Waals surface area contributed by atoms with E-state index >= 15 is 0 Å². The van der Waals surface area contributed by atoms with Gasteiger partial charge in [-0.05, 0) is 38.0 Å². The Labute approximate surface area is 82.0 Å². The highest BCUT2D eigenvalue weighted by atomic mass is 14.6. The summed E-state index contributed by atoms with van der Waals surface area (Å²) < 4.78 is 0. The van der Waals surface area contributed by atoms with Crippen molar-refractivity contribution in [3.63, 3.8) is 0 Å². The zero-order valence-electron chi connectivity index (χ0n) is 9.30. The van der Waals surface area contributed by atoms with E-state index in [4.69, 9.17) is 0 Å². The maximum Gasteiger partial charge on any atom is 0.0273 e. The molecule has 0 radical (unpaired) electrons. The van der Waals surface area contributed by atoms with E-state index in [1.54, 1.807) is 11.1 Å². The van der Waals surface area contributed by atoms with Crippen LogP contribution in [0.3, 0.4) is 0 Å². The van der Waals surface area contributed by atoms with Crippen molar-refractivity contribution in [2.75, 3.05) is 7.05 Å². The van der Waals surface area contributed by atoms with E-state index in [-0.39, 0.29) is 0 Å². The van der Waals surface area contributed by atoms with Crippen molar-refractivity contribution in [2.45, 2.75) is 40.0 Å². The van der Waals surface area contributed by atoms with E-state index in [1.807, 2.05) is 7.05 Å². The first kappa shape index (κ1) is 10.5. The fourth-order valence-electron chi connectivity index (χ4n) is 1.93. The summed E-state index contributed by atoms with van der Waals surface area (Å²) in [6, 6.07) is 0. The van der Waals surface area contributed by atoms with Crippen LogP contribution < -0.4 is 0 Å². The molecule has 0 spiro atoms. The van der Waals surface area contributed by atoms with Crippen molar-refractivity contribution in [3.05, 3.63) is 11.1 Å². The third-order valence-electron chi connectivity index (χ3n) is 3.15. The minimum atomic E-state index is 0.640. The first-order valence-electron chi connectivity index (χ1n) is 5.26. The van der Waals surface area contributed by atoms with Crippen molar-refractivity contribution in [3.8, 4) is 0 Å². The highest BCUT2D eigenvalue weighted by Gasteiger charge is 2.21. The molecule has 0 fully saturated rings. The van der Waals surface area contributed by atoms with Gasteiger partial charge in [0.15, 0.2) is 0 Å². The molecule has 13 heavy (non-hydrogen) atoms. The van der Waals surface area contributed by atoms with Crippen LogP contribution in [-0.2, 0) is 0 Å². The third kappa shape index (κ3) is 2.68. The van der Waals surface area contributed by atoms with Gasteiger partial charge in [0.1, 0.15) is 0 Å². The van der Waals surface area contributed by atoms with Gasteiger partial charge in [-0.1, -0.05) is 25.0 Å². The predicted octanol–water partition coefficient (Wildman–Crippen LogP) is 3.46. The van der Waals surface area contributed by atoms with Gasteiger partial charge in [0.2, 0.25) is 0 Å². The van der Waals surface area contributed by atoms with Crippen molar-refractivity contribution in [1.29, 1.82) is 0 Å². The Balaban J connectivity index is 2.28. The summed E-state index contributed by atoms with van der Waals surface area (Å²) in [5, 5.41) is 0. The summed E-state index contributed by atoms with van der Waals surface area (Å²) in [6.07, 6.45) is 5.93. The summed E-state index contributed by atoms with van der Waals surface area (Å²) in [7, 11) is 1.85. The van der Waals surface area contributed by atoms with Crippen LogP contribution in [0.5, 0.6) is 0 Å². The van der Waals surface area contributed by atoms with Gasteiger partial charge in [0.25, 0.3) is 0 Å². The monoisotopic (exact) mass is 179 g/mol. The molecule has 2 unspecified atom stereocenters. The second-order valence-corrected chi connectivity index (χ2v) is 4.31. The molecule has 1 aliphatic rings. The first-order chi connectivity index (χ1) is 6.15. The zero-order valence-corrected chi connectivity index (χ0v) is 9.30. The summed E-state index contributed by atoms with van der Waals surface area (Å²) in [6.45, 7) is 6.84. The fraction of sp³-hybridized carbons (Fsp3) is 0.750. The van der Waals surface area contributed by atoms with Crippen LogP contribution in [0.1, 0.15) is 40.0 Å². The molecule has 0 N–H and O–H groups in total. The average molecular weight is 179 g/mol.